The molecule has 0 spiro atoms. The number of fused-ring (bicyclic) bond motifs is 1. The van der Waals surface area contributed by atoms with Crippen LogP contribution in [0.4, 0.5) is 0 Å². The lowest BCUT2D eigenvalue weighted by Crippen LogP contribution is -2.21. The quantitative estimate of drug-likeness (QED) is 0.701. The van der Waals surface area contributed by atoms with Gasteiger partial charge in [0.05, 0.1) is 11.2 Å². The summed E-state index contributed by atoms with van der Waals surface area (Å²) in [5.74, 6) is 0. The number of rotatable bonds is 1. The maximum atomic E-state index is 5.31. The molecule has 0 saturated heterocycles. The number of hydrogen-bond acceptors (Lipinski definition) is 2. The van der Waals surface area contributed by atoms with Crippen LogP contribution >= 0.6 is 12.2 Å². The molecule has 0 unspecified atom stereocenters. The van der Waals surface area contributed by atoms with Crippen molar-refractivity contribution in [3.05, 3.63) is 41.6 Å². The summed E-state index contributed by atoms with van der Waals surface area (Å²) in [5, 5.41) is 1.16. The van der Waals surface area contributed by atoms with Crippen molar-refractivity contribution in [2.75, 3.05) is 14.1 Å². The lowest BCUT2D eigenvalue weighted by Gasteiger charge is -2.13. The zero-order valence-corrected chi connectivity index (χ0v) is 10.5. The average Bonchev–Trinajstić information content (AvgIpc) is 2.28. The number of hydrogen-bond donors (Lipinski definition) is 0. The highest BCUT2D eigenvalue weighted by atomic mass is 32.1. The fraction of sp³-hybridized carbons (Fsp3) is 0.231. The molecule has 0 N–H and O–H groups in total. The van der Waals surface area contributed by atoms with Crippen LogP contribution < -0.4 is 0 Å². The maximum Gasteiger partial charge on any atom is 0.127 e. The molecule has 2 nitrogen and oxygen atoms in total. The van der Waals surface area contributed by atoms with E-state index in [1.165, 1.54) is 5.56 Å². The Morgan fingerprint density at radius 2 is 1.94 bits per heavy atom. The second-order valence-electron chi connectivity index (χ2n) is 4.04. The molecule has 0 radical (unpaired) electrons. The molecule has 0 bridgehead atoms. The van der Waals surface area contributed by atoms with E-state index in [0.717, 1.165) is 21.6 Å². The Balaban J connectivity index is 2.59. The molecule has 0 aliphatic rings. The minimum Gasteiger partial charge on any atom is -0.367 e. The molecule has 0 aliphatic carbocycles. The van der Waals surface area contributed by atoms with Crippen molar-refractivity contribution in [2.24, 2.45) is 0 Å². The molecule has 0 saturated carbocycles. The summed E-state index contributed by atoms with van der Waals surface area (Å²) in [4.78, 5) is 7.29. The first kappa shape index (κ1) is 11.0. The van der Waals surface area contributed by atoms with Crippen LogP contribution in [0.1, 0.15) is 11.3 Å². The maximum absolute atomic E-state index is 5.31. The van der Waals surface area contributed by atoms with Gasteiger partial charge in [-0.1, -0.05) is 36.5 Å². The number of pyridine rings is 1. The molecule has 0 atom stereocenters. The molecular weight excluding hydrogens is 216 g/mol. The second-order valence-corrected chi connectivity index (χ2v) is 4.43. The first-order valence-electron chi connectivity index (χ1n) is 5.17. The molecule has 0 aliphatic heterocycles. The standard InChI is InChI=1S/C13H14N2S/c1-9-5-4-6-10-7-8-11(14-12(9)10)13(16)15(2)3/h4-8H,1-3H3. The second kappa shape index (κ2) is 4.18. The molecule has 0 amide bonds. The number of nitrogens with zero attached hydrogens (tertiary/aromatic N) is 2. The molecule has 82 valence electrons. The molecule has 1 aromatic carbocycles. The van der Waals surface area contributed by atoms with Gasteiger partial charge in [-0.3, -0.25) is 0 Å². The highest BCUT2D eigenvalue weighted by Crippen LogP contribution is 2.17. The highest BCUT2D eigenvalue weighted by molar-refractivity contribution is 7.80. The third-order valence-electron chi connectivity index (χ3n) is 2.55. The van der Waals surface area contributed by atoms with Gasteiger partial charge in [0.1, 0.15) is 4.99 Å². The number of aromatic nitrogens is 1. The normalized spacial score (nSPS) is 10.4. The minimum atomic E-state index is 0.769. The predicted molar refractivity (Wildman–Crippen MR) is 71.9 cm³/mol. The summed E-state index contributed by atoms with van der Waals surface area (Å²) in [5.41, 5.74) is 3.08. The third kappa shape index (κ3) is 1.91. The van der Waals surface area contributed by atoms with Gasteiger partial charge in [0.15, 0.2) is 0 Å². The van der Waals surface area contributed by atoms with E-state index < -0.39 is 0 Å². The molecule has 1 heterocycles. The summed E-state index contributed by atoms with van der Waals surface area (Å²) >= 11 is 5.31. The molecule has 16 heavy (non-hydrogen) atoms. The van der Waals surface area contributed by atoms with Gasteiger partial charge in [-0.15, -0.1) is 0 Å². The molecule has 2 aromatic rings. The molecular formula is C13H14N2S. The van der Waals surface area contributed by atoms with E-state index in [1.807, 2.05) is 31.1 Å². The monoisotopic (exact) mass is 230 g/mol. The predicted octanol–water partition coefficient (Wildman–Crippen LogP) is 2.78. The Bertz CT molecular complexity index is 547. The van der Waals surface area contributed by atoms with Crippen LogP contribution in [0.25, 0.3) is 10.9 Å². The zero-order chi connectivity index (χ0) is 11.7. The molecule has 2 rings (SSSR count). The summed E-state index contributed by atoms with van der Waals surface area (Å²) in [6.07, 6.45) is 0. The summed E-state index contributed by atoms with van der Waals surface area (Å²) in [6, 6.07) is 10.2. The number of benzene rings is 1. The fourth-order valence-electron chi connectivity index (χ4n) is 1.64. The van der Waals surface area contributed by atoms with E-state index in [0.29, 0.717) is 0 Å². The van der Waals surface area contributed by atoms with Crippen LogP contribution in [-0.4, -0.2) is 29.0 Å². The van der Waals surface area contributed by atoms with Crippen molar-refractivity contribution >= 4 is 28.1 Å². The van der Waals surface area contributed by atoms with Gasteiger partial charge in [-0.25, -0.2) is 4.98 Å². The number of aryl methyl sites for hydroxylation is 1. The highest BCUT2D eigenvalue weighted by Gasteiger charge is 2.06. The minimum absolute atomic E-state index is 0.769. The van der Waals surface area contributed by atoms with E-state index in [1.54, 1.807) is 0 Å². The van der Waals surface area contributed by atoms with Gasteiger partial charge >= 0.3 is 0 Å². The third-order valence-corrected chi connectivity index (χ3v) is 3.12. The van der Waals surface area contributed by atoms with Crippen LogP contribution in [0.2, 0.25) is 0 Å². The Labute approximate surface area is 101 Å². The van der Waals surface area contributed by atoms with Crippen molar-refractivity contribution < 1.29 is 0 Å². The van der Waals surface area contributed by atoms with E-state index in [2.05, 4.69) is 30.1 Å². The van der Waals surface area contributed by atoms with Crippen molar-refractivity contribution in [3.63, 3.8) is 0 Å². The van der Waals surface area contributed by atoms with Crippen molar-refractivity contribution in [3.8, 4) is 0 Å². The largest absolute Gasteiger partial charge is 0.367 e. The summed E-state index contributed by atoms with van der Waals surface area (Å²) in [7, 11) is 3.87. The Morgan fingerprint density at radius 1 is 1.19 bits per heavy atom. The SMILES string of the molecule is Cc1cccc2ccc(C(=S)N(C)C)nc12. The van der Waals surface area contributed by atoms with E-state index in [4.69, 9.17) is 12.2 Å². The fourth-order valence-corrected chi connectivity index (χ4v) is 1.76. The van der Waals surface area contributed by atoms with Gasteiger partial charge in [0.25, 0.3) is 0 Å². The van der Waals surface area contributed by atoms with Gasteiger partial charge < -0.3 is 4.90 Å². The molecule has 0 fully saturated rings. The average molecular weight is 230 g/mol. The zero-order valence-electron chi connectivity index (χ0n) is 9.69. The van der Waals surface area contributed by atoms with Gasteiger partial charge in [0, 0.05) is 19.5 Å². The van der Waals surface area contributed by atoms with Crippen molar-refractivity contribution in [1.82, 2.24) is 9.88 Å². The first-order chi connectivity index (χ1) is 7.59. The van der Waals surface area contributed by atoms with Gasteiger partial charge in [-0.2, -0.15) is 0 Å². The summed E-state index contributed by atoms with van der Waals surface area (Å²) < 4.78 is 0. The van der Waals surface area contributed by atoms with Crippen LogP contribution in [-0.2, 0) is 0 Å². The first-order valence-corrected chi connectivity index (χ1v) is 5.58. The Hall–Kier alpha value is -1.48. The van der Waals surface area contributed by atoms with Crippen LogP contribution in [0, 0.1) is 6.92 Å². The van der Waals surface area contributed by atoms with Gasteiger partial charge in [0.2, 0.25) is 0 Å². The Morgan fingerprint density at radius 3 is 2.62 bits per heavy atom. The van der Waals surface area contributed by atoms with Crippen LogP contribution in [0.5, 0.6) is 0 Å². The smallest absolute Gasteiger partial charge is 0.127 e. The molecule has 3 heteroatoms. The molecule has 1 aromatic heterocycles. The van der Waals surface area contributed by atoms with Gasteiger partial charge in [-0.05, 0) is 18.6 Å². The van der Waals surface area contributed by atoms with E-state index in [9.17, 15) is 0 Å². The lowest BCUT2D eigenvalue weighted by atomic mass is 10.1. The lowest BCUT2D eigenvalue weighted by molar-refractivity contribution is 0.635. The van der Waals surface area contributed by atoms with Crippen LogP contribution in [0.3, 0.4) is 0 Å². The Kier molecular flexibility index (Phi) is 2.88. The van der Waals surface area contributed by atoms with E-state index >= 15 is 0 Å². The van der Waals surface area contributed by atoms with Crippen molar-refractivity contribution in [2.45, 2.75) is 6.92 Å². The van der Waals surface area contributed by atoms with Crippen molar-refractivity contribution in [1.29, 1.82) is 0 Å². The van der Waals surface area contributed by atoms with E-state index in [-0.39, 0.29) is 0 Å². The summed E-state index contributed by atoms with van der Waals surface area (Å²) in [6.45, 7) is 2.07. The number of thiocarbonyl (C=S) groups is 1. The van der Waals surface area contributed by atoms with Crippen LogP contribution in [0.15, 0.2) is 30.3 Å². The number of para-hydroxylation sites is 1. The topological polar surface area (TPSA) is 16.1 Å².